The van der Waals surface area contributed by atoms with Crippen LogP contribution < -0.4 is 20.7 Å². The van der Waals surface area contributed by atoms with E-state index in [0.717, 1.165) is 16.8 Å². The number of hydrogen-bond acceptors (Lipinski definition) is 7. The van der Waals surface area contributed by atoms with Crippen molar-refractivity contribution in [2.24, 2.45) is 0 Å². The summed E-state index contributed by atoms with van der Waals surface area (Å²) in [7, 11) is 0. The van der Waals surface area contributed by atoms with Gasteiger partial charge in [0.05, 0.1) is 11.9 Å². The zero-order chi connectivity index (χ0) is 26.6. The molecule has 0 radical (unpaired) electrons. The fourth-order valence-electron chi connectivity index (χ4n) is 3.86. The number of anilines is 3. The van der Waals surface area contributed by atoms with Gasteiger partial charge in [-0.25, -0.2) is 9.78 Å². The van der Waals surface area contributed by atoms with Crippen molar-refractivity contribution in [2.45, 2.75) is 39.8 Å². The first-order valence-electron chi connectivity index (χ1n) is 12.4. The third-order valence-corrected chi connectivity index (χ3v) is 5.65. The molecule has 38 heavy (non-hydrogen) atoms. The number of urea groups is 1. The Morgan fingerprint density at radius 1 is 0.974 bits per heavy atom. The van der Waals surface area contributed by atoms with Crippen LogP contribution in [0.25, 0.3) is 22.2 Å². The molecular formula is C28H29N7O3. The Morgan fingerprint density at radius 3 is 2.55 bits per heavy atom. The van der Waals surface area contributed by atoms with Gasteiger partial charge in [-0.2, -0.15) is 5.10 Å². The number of aromatic nitrogens is 4. The van der Waals surface area contributed by atoms with Crippen molar-refractivity contribution in [3.8, 4) is 22.8 Å². The van der Waals surface area contributed by atoms with Crippen LogP contribution in [0.5, 0.6) is 11.5 Å². The highest BCUT2D eigenvalue weighted by molar-refractivity contribution is 6.02. The molecule has 0 bridgehead atoms. The minimum Gasteiger partial charge on any atom is -0.457 e. The number of hydrogen-bond donors (Lipinski definition) is 3. The Kier molecular flexibility index (Phi) is 6.94. The van der Waals surface area contributed by atoms with E-state index in [2.05, 4.69) is 26.1 Å². The summed E-state index contributed by atoms with van der Waals surface area (Å²) >= 11 is 0. The van der Waals surface area contributed by atoms with Gasteiger partial charge in [0, 0.05) is 47.2 Å². The fraction of sp³-hybridized carbons (Fsp3) is 0.214. The summed E-state index contributed by atoms with van der Waals surface area (Å²) in [6, 6.07) is 16.5. The molecule has 0 saturated carbocycles. The molecule has 0 aliphatic carbocycles. The van der Waals surface area contributed by atoms with E-state index in [-0.39, 0.29) is 18.1 Å². The van der Waals surface area contributed by atoms with Gasteiger partial charge in [0.25, 0.3) is 0 Å². The highest BCUT2D eigenvalue weighted by Gasteiger charge is 2.16. The Labute approximate surface area is 220 Å². The van der Waals surface area contributed by atoms with Gasteiger partial charge in [0.15, 0.2) is 5.58 Å². The van der Waals surface area contributed by atoms with Crippen LogP contribution in [0.4, 0.5) is 22.0 Å². The van der Waals surface area contributed by atoms with Crippen molar-refractivity contribution in [3.05, 3.63) is 73.2 Å². The number of carbonyl (C=O) groups is 1. The van der Waals surface area contributed by atoms with Gasteiger partial charge in [-0.1, -0.05) is 5.16 Å². The second-order valence-electron chi connectivity index (χ2n) is 9.42. The Bertz CT molecular complexity index is 1550. The smallest absolute Gasteiger partial charge is 0.323 e. The summed E-state index contributed by atoms with van der Waals surface area (Å²) in [5.74, 6) is 2.05. The standard InChI is InChI=1S/C28H29N7O3/c1-17(2)31-26-14-23(11-12-29-26)37-22-8-6-21(7-9-22)32-28(36)33-24-16-35(18(3)4)34-27(24)19-5-10-25-20(13-19)15-30-38-25/h5-18H,1-4H3,(H,29,31)(H2,32,33,36). The van der Waals surface area contributed by atoms with Gasteiger partial charge in [-0.3, -0.25) is 4.68 Å². The lowest BCUT2D eigenvalue weighted by atomic mass is 10.1. The molecule has 3 aromatic heterocycles. The highest BCUT2D eigenvalue weighted by atomic mass is 16.5. The maximum Gasteiger partial charge on any atom is 0.323 e. The normalized spacial score (nSPS) is 11.2. The average molecular weight is 512 g/mol. The molecule has 2 aromatic carbocycles. The van der Waals surface area contributed by atoms with Crippen LogP contribution in [-0.2, 0) is 0 Å². The van der Waals surface area contributed by atoms with Crippen molar-refractivity contribution in [3.63, 3.8) is 0 Å². The monoisotopic (exact) mass is 511 g/mol. The van der Waals surface area contributed by atoms with Gasteiger partial charge in [-0.05, 0) is 76.2 Å². The molecule has 10 heteroatoms. The number of pyridine rings is 1. The van der Waals surface area contributed by atoms with Gasteiger partial charge < -0.3 is 25.2 Å². The number of nitrogens with one attached hydrogen (secondary N) is 3. The van der Waals surface area contributed by atoms with E-state index in [1.807, 2.05) is 62.8 Å². The topological polar surface area (TPSA) is 119 Å². The minimum atomic E-state index is -0.382. The number of nitrogens with zero attached hydrogens (tertiary/aromatic N) is 4. The number of fused-ring (bicyclic) bond motifs is 1. The van der Waals surface area contributed by atoms with Crippen molar-refractivity contribution in [2.75, 3.05) is 16.0 Å². The van der Waals surface area contributed by atoms with Crippen LogP contribution in [0.1, 0.15) is 33.7 Å². The van der Waals surface area contributed by atoms with E-state index in [1.165, 1.54) is 0 Å². The molecule has 0 unspecified atom stereocenters. The summed E-state index contributed by atoms with van der Waals surface area (Å²) in [5.41, 5.74) is 3.41. The summed E-state index contributed by atoms with van der Waals surface area (Å²) in [4.78, 5) is 17.2. The second kappa shape index (κ2) is 10.6. The predicted octanol–water partition coefficient (Wildman–Crippen LogP) is 6.92. The van der Waals surface area contributed by atoms with Crippen LogP contribution in [0, 0.1) is 0 Å². The minimum absolute atomic E-state index is 0.122. The molecule has 0 aliphatic rings. The van der Waals surface area contributed by atoms with Crippen LogP contribution in [0.15, 0.2) is 77.7 Å². The molecule has 0 aliphatic heterocycles. The molecule has 5 aromatic rings. The van der Waals surface area contributed by atoms with Crippen molar-refractivity contribution < 1.29 is 14.1 Å². The van der Waals surface area contributed by atoms with Gasteiger partial charge >= 0.3 is 6.03 Å². The van der Waals surface area contributed by atoms with Crippen molar-refractivity contribution in [1.29, 1.82) is 0 Å². The Hall–Kier alpha value is -4.86. The van der Waals surface area contributed by atoms with E-state index in [0.29, 0.717) is 34.2 Å². The van der Waals surface area contributed by atoms with Crippen molar-refractivity contribution >= 4 is 34.2 Å². The Morgan fingerprint density at radius 2 is 1.79 bits per heavy atom. The van der Waals surface area contributed by atoms with E-state index in [1.54, 1.807) is 42.7 Å². The number of rotatable bonds is 8. The van der Waals surface area contributed by atoms with Crippen LogP contribution in [0.3, 0.4) is 0 Å². The molecule has 3 heterocycles. The van der Waals surface area contributed by atoms with Crippen LogP contribution in [0.2, 0.25) is 0 Å². The lowest BCUT2D eigenvalue weighted by molar-refractivity contribution is 0.262. The van der Waals surface area contributed by atoms with Crippen LogP contribution >= 0.6 is 0 Å². The summed E-state index contributed by atoms with van der Waals surface area (Å²) in [5, 5.41) is 18.4. The van der Waals surface area contributed by atoms with E-state index < -0.39 is 0 Å². The summed E-state index contributed by atoms with van der Waals surface area (Å²) in [6.07, 6.45) is 5.17. The molecule has 194 valence electrons. The zero-order valence-corrected chi connectivity index (χ0v) is 21.6. The summed E-state index contributed by atoms with van der Waals surface area (Å²) in [6.45, 7) is 8.15. The van der Waals surface area contributed by atoms with Gasteiger partial charge in [-0.15, -0.1) is 0 Å². The first-order valence-corrected chi connectivity index (χ1v) is 12.4. The quantitative estimate of drug-likeness (QED) is 0.207. The van der Waals surface area contributed by atoms with E-state index in [4.69, 9.17) is 14.4 Å². The second-order valence-corrected chi connectivity index (χ2v) is 9.42. The molecule has 5 rings (SSSR count). The molecular weight excluding hydrogens is 482 g/mol. The molecule has 0 saturated heterocycles. The summed E-state index contributed by atoms with van der Waals surface area (Å²) < 4.78 is 13.0. The Balaban J connectivity index is 1.27. The number of ether oxygens (including phenoxy) is 1. The molecule has 0 fully saturated rings. The fourth-order valence-corrected chi connectivity index (χ4v) is 3.86. The zero-order valence-electron chi connectivity index (χ0n) is 21.6. The van der Waals surface area contributed by atoms with Gasteiger partial charge in [0.2, 0.25) is 0 Å². The third-order valence-electron chi connectivity index (χ3n) is 5.65. The maximum absolute atomic E-state index is 12.9. The number of carbonyl (C=O) groups excluding carboxylic acids is 1. The largest absolute Gasteiger partial charge is 0.457 e. The lowest BCUT2D eigenvalue weighted by Gasteiger charge is -2.11. The van der Waals surface area contributed by atoms with Gasteiger partial charge in [0.1, 0.15) is 23.0 Å². The molecule has 2 amide bonds. The predicted molar refractivity (Wildman–Crippen MR) is 148 cm³/mol. The maximum atomic E-state index is 12.9. The van der Waals surface area contributed by atoms with Crippen molar-refractivity contribution in [1.82, 2.24) is 19.9 Å². The number of benzene rings is 2. The average Bonchev–Trinajstić information content (AvgIpc) is 3.52. The SMILES string of the molecule is CC(C)Nc1cc(Oc2ccc(NC(=O)Nc3cn(C(C)C)nc3-c3ccc4oncc4c3)cc2)ccn1. The lowest BCUT2D eigenvalue weighted by Crippen LogP contribution is -2.19. The van der Waals surface area contributed by atoms with Crippen LogP contribution in [-0.4, -0.2) is 32.0 Å². The molecule has 10 nitrogen and oxygen atoms in total. The molecule has 0 atom stereocenters. The van der Waals surface area contributed by atoms with E-state index in [9.17, 15) is 4.79 Å². The first-order chi connectivity index (χ1) is 18.3. The molecule has 3 N–H and O–H groups in total. The molecule has 0 spiro atoms. The third kappa shape index (κ3) is 5.75. The van der Waals surface area contributed by atoms with E-state index >= 15 is 0 Å². The first kappa shape index (κ1) is 24.8. The highest BCUT2D eigenvalue weighted by Crippen LogP contribution is 2.31. The number of amides is 2.